The summed E-state index contributed by atoms with van der Waals surface area (Å²) < 4.78 is 26.2. The van der Waals surface area contributed by atoms with Crippen molar-refractivity contribution in [1.29, 1.82) is 0 Å². The zero-order chi connectivity index (χ0) is 10.3. The number of fused-ring (bicyclic) bond motifs is 1. The summed E-state index contributed by atoms with van der Waals surface area (Å²) in [4.78, 5) is 3.74. The Morgan fingerprint density at radius 1 is 1.50 bits per heavy atom. The Hall–Kier alpha value is -1.20. The van der Waals surface area contributed by atoms with E-state index < -0.39 is 12.2 Å². The molecule has 2 unspecified atom stereocenters. The second-order valence-corrected chi connectivity index (χ2v) is 3.67. The van der Waals surface area contributed by atoms with Gasteiger partial charge in [0.2, 0.25) is 11.8 Å². The summed E-state index contributed by atoms with van der Waals surface area (Å²) in [6, 6.07) is 0.383. The van der Waals surface area contributed by atoms with Gasteiger partial charge in [-0.2, -0.15) is 4.98 Å². The van der Waals surface area contributed by atoms with Gasteiger partial charge in [0.05, 0.1) is 6.04 Å². The minimum Gasteiger partial charge on any atom is -0.352 e. The molecule has 1 N–H and O–H groups in total. The van der Waals surface area contributed by atoms with Crippen LogP contribution in [0.2, 0.25) is 0 Å². The van der Waals surface area contributed by atoms with Gasteiger partial charge in [-0.25, -0.2) is 13.5 Å². The van der Waals surface area contributed by atoms with Crippen LogP contribution in [-0.2, 0) is 0 Å². The number of anilines is 1. The first-order valence-electron chi connectivity index (χ1n) is 4.59. The van der Waals surface area contributed by atoms with Crippen molar-refractivity contribution in [2.75, 3.05) is 5.32 Å². The molecule has 2 rings (SSSR count). The molecule has 1 aromatic rings. The molecule has 1 aromatic heterocycles. The summed E-state index contributed by atoms with van der Waals surface area (Å²) in [5.41, 5.74) is 0. The molecule has 0 fully saturated rings. The molecule has 0 radical (unpaired) electrons. The van der Waals surface area contributed by atoms with Crippen LogP contribution in [0.5, 0.6) is 0 Å². The van der Waals surface area contributed by atoms with Crippen molar-refractivity contribution < 1.29 is 8.78 Å². The molecule has 1 aliphatic rings. The molecular weight excluding hydrogens is 190 g/mol. The van der Waals surface area contributed by atoms with Crippen LogP contribution in [0.1, 0.15) is 38.6 Å². The number of hydrogen-bond acceptors (Lipinski definition) is 3. The fraction of sp³-hybridized carbons (Fsp3) is 0.750. The van der Waals surface area contributed by atoms with Crippen molar-refractivity contribution in [3.05, 3.63) is 5.82 Å². The maximum atomic E-state index is 12.3. The first-order chi connectivity index (χ1) is 6.58. The van der Waals surface area contributed by atoms with Gasteiger partial charge in [0.15, 0.2) is 0 Å². The fourth-order valence-electron chi connectivity index (χ4n) is 1.73. The van der Waals surface area contributed by atoms with Gasteiger partial charge in [-0.15, -0.1) is 5.10 Å². The molecule has 0 bridgehead atoms. The molecule has 78 valence electrons. The van der Waals surface area contributed by atoms with Crippen LogP contribution in [0.4, 0.5) is 14.7 Å². The molecule has 0 amide bonds. The first kappa shape index (κ1) is 9.36. The molecule has 6 heteroatoms. The highest BCUT2D eigenvalue weighted by Gasteiger charge is 2.26. The van der Waals surface area contributed by atoms with Gasteiger partial charge in [0.25, 0.3) is 6.43 Å². The third-order valence-corrected chi connectivity index (χ3v) is 2.33. The molecule has 1 aliphatic heterocycles. The van der Waals surface area contributed by atoms with E-state index in [4.69, 9.17) is 0 Å². The van der Waals surface area contributed by atoms with Crippen molar-refractivity contribution in [2.24, 2.45) is 0 Å². The highest BCUT2D eigenvalue weighted by Crippen LogP contribution is 2.27. The smallest absolute Gasteiger partial charge is 0.299 e. The van der Waals surface area contributed by atoms with Crippen LogP contribution in [0.15, 0.2) is 0 Å². The Morgan fingerprint density at radius 2 is 2.21 bits per heavy atom. The normalized spacial score (nSPS) is 26.1. The quantitative estimate of drug-likeness (QED) is 0.757. The highest BCUT2D eigenvalue weighted by molar-refractivity contribution is 5.29. The molecule has 0 aromatic carbocycles. The van der Waals surface area contributed by atoms with Gasteiger partial charge in [0.1, 0.15) is 0 Å². The standard InChI is InChI=1S/C8H12F2N4/c1-4-3-5(2)14-8(11-4)12-7(13-14)6(9)10/h4-6H,3H2,1-2H3,(H,11,12,13). The average Bonchev–Trinajstić information content (AvgIpc) is 2.47. The second-order valence-electron chi connectivity index (χ2n) is 3.67. The third-order valence-electron chi connectivity index (χ3n) is 2.33. The number of halogens is 2. The first-order valence-corrected chi connectivity index (χ1v) is 4.59. The van der Waals surface area contributed by atoms with Crippen molar-refractivity contribution in [3.8, 4) is 0 Å². The lowest BCUT2D eigenvalue weighted by molar-refractivity contribution is 0.139. The minimum absolute atomic E-state index is 0.126. The monoisotopic (exact) mass is 202 g/mol. The van der Waals surface area contributed by atoms with Crippen LogP contribution in [0, 0.1) is 0 Å². The predicted molar refractivity (Wildman–Crippen MR) is 47.4 cm³/mol. The summed E-state index contributed by atoms with van der Waals surface area (Å²) >= 11 is 0. The number of rotatable bonds is 1. The second kappa shape index (κ2) is 3.18. The Morgan fingerprint density at radius 3 is 2.86 bits per heavy atom. The summed E-state index contributed by atoms with van der Waals surface area (Å²) in [6.45, 7) is 3.95. The SMILES string of the molecule is CC1CC(C)n2nc(C(F)F)nc2N1. The Kier molecular flexibility index (Phi) is 2.13. The van der Waals surface area contributed by atoms with Crippen LogP contribution >= 0.6 is 0 Å². The maximum absolute atomic E-state index is 12.3. The Balaban J connectivity index is 2.35. The van der Waals surface area contributed by atoms with Gasteiger partial charge in [-0.1, -0.05) is 0 Å². The van der Waals surface area contributed by atoms with E-state index in [0.29, 0.717) is 5.95 Å². The average molecular weight is 202 g/mol. The summed E-state index contributed by atoms with van der Waals surface area (Å²) in [6.07, 6.45) is -1.73. The zero-order valence-corrected chi connectivity index (χ0v) is 8.04. The number of nitrogens with one attached hydrogen (secondary N) is 1. The lowest BCUT2D eigenvalue weighted by Crippen LogP contribution is -2.29. The van der Waals surface area contributed by atoms with Crippen LogP contribution in [-0.4, -0.2) is 20.8 Å². The van der Waals surface area contributed by atoms with E-state index in [1.165, 1.54) is 4.68 Å². The van der Waals surface area contributed by atoms with Gasteiger partial charge in [0, 0.05) is 6.04 Å². The Bertz CT molecular complexity index is 336. The van der Waals surface area contributed by atoms with Crippen molar-refractivity contribution in [3.63, 3.8) is 0 Å². The van der Waals surface area contributed by atoms with E-state index in [9.17, 15) is 8.78 Å². The zero-order valence-electron chi connectivity index (χ0n) is 8.04. The number of nitrogens with zero attached hydrogens (tertiary/aromatic N) is 3. The molecule has 0 aliphatic carbocycles. The van der Waals surface area contributed by atoms with E-state index in [2.05, 4.69) is 15.4 Å². The molecule has 0 spiro atoms. The van der Waals surface area contributed by atoms with Crippen molar-refractivity contribution in [2.45, 2.75) is 38.8 Å². The minimum atomic E-state index is -2.60. The molecule has 0 saturated carbocycles. The summed E-state index contributed by atoms with van der Waals surface area (Å²) in [5, 5.41) is 6.78. The predicted octanol–water partition coefficient (Wildman–Crippen LogP) is 1.98. The summed E-state index contributed by atoms with van der Waals surface area (Å²) in [7, 11) is 0. The van der Waals surface area contributed by atoms with E-state index in [-0.39, 0.29) is 12.1 Å². The largest absolute Gasteiger partial charge is 0.352 e. The van der Waals surface area contributed by atoms with Crippen molar-refractivity contribution >= 4 is 5.95 Å². The van der Waals surface area contributed by atoms with Gasteiger partial charge in [-0.05, 0) is 20.3 Å². The van der Waals surface area contributed by atoms with Gasteiger partial charge < -0.3 is 5.32 Å². The summed E-state index contributed by atoms with van der Waals surface area (Å²) in [5.74, 6) is 0.0556. The van der Waals surface area contributed by atoms with E-state index in [0.717, 1.165) is 6.42 Å². The van der Waals surface area contributed by atoms with Crippen LogP contribution in [0.3, 0.4) is 0 Å². The third kappa shape index (κ3) is 1.44. The van der Waals surface area contributed by atoms with Crippen molar-refractivity contribution in [1.82, 2.24) is 14.8 Å². The maximum Gasteiger partial charge on any atom is 0.299 e. The van der Waals surface area contributed by atoms with Gasteiger partial charge in [-0.3, -0.25) is 0 Å². The number of alkyl halides is 2. The molecule has 0 saturated heterocycles. The topological polar surface area (TPSA) is 42.7 Å². The highest BCUT2D eigenvalue weighted by atomic mass is 19.3. The van der Waals surface area contributed by atoms with E-state index >= 15 is 0 Å². The van der Waals surface area contributed by atoms with E-state index in [1.54, 1.807) is 0 Å². The lowest BCUT2D eigenvalue weighted by Gasteiger charge is -2.26. The van der Waals surface area contributed by atoms with Crippen LogP contribution < -0.4 is 5.32 Å². The molecule has 2 atom stereocenters. The van der Waals surface area contributed by atoms with E-state index in [1.807, 2.05) is 13.8 Å². The number of hydrogen-bond donors (Lipinski definition) is 1. The lowest BCUT2D eigenvalue weighted by atomic mass is 10.1. The van der Waals surface area contributed by atoms with Gasteiger partial charge >= 0.3 is 0 Å². The molecule has 2 heterocycles. The van der Waals surface area contributed by atoms with Crippen LogP contribution in [0.25, 0.3) is 0 Å². The fourth-order valence-corrected chi connectivity index (χ4v) is 1.73. The molecular formula is C8H12F2N4. The molecule has 4 nitrogen and oxygen atoms in total. The molecule has 14 heavy (non-hydrogen) atoms. The number of aromatic nitrogens is 3. The Labute approximate surface area is 80.3 Å².